The van der Waals surface area contributed by atoms with Crippen LogP contribution in [0.5, 0.6) is 0 Å². The van der Waals surface area contributed by atoms with Gasteiger partial charge in [0.25, 0.3) is 0 Å². The third kappa shape index (κ3) is 4.12. The molecule has 5 heteroatoms. The molecule has 0 bridgehead atoms. The summed E-state index contributed by atoms with van der Waals surface area (Å²) in [6, 6.07) is 0. The van der Waals surface area contributed by atoms with Gasteiger partial charge in [-0.2, -0.15) is 5.06 Å². The second kappa shape index (κ2) is 8.87. The average molecular weight is 437 g/mol. The smallest absolute Gasteiger partial charge is 0.0811 e. The van der Waals surface area contributed by atoms with Gasteiger partial charge in [-0.15, -0.1) is 0 Å². The van der Waals surface area contributed by atoms with Crippen molar-refractivity contribution in [3.05, 3.63) is 0 Å². The zero-order chi connectivity index (χ0) is 22.4. The van der Waals surface area contributed by atoms with Gasteiger partial charge in [-0.1, -0.05) is 13.8 Å². The molecule has 0 aromatic rings. The predicted octanol–water partition coefficient (Wildman–Crippen LogP) is 3.94. The summed E-state index contributed by atoms with van der Waals surface area (Å²) in [6.07, 6.45) is 11.0. The molecule has 4 aliphatic rings. The number of hydrogen-bond acceptors (Lipinski definition) is 5. The minimum Gasteiger partial charge on any atom is -0.393 e. The molecule has 8 atom stereocenters. The maximum absolute atomic E-state index is 12.3. The summed E-state index contributed by atoms with van der Waals surface area (Å²) in [7, 11) is 6.20. The molecular formula is C26H48N2O3. The fourth-order valence-corrected chi connectivity index (χ4v) is 8.56. The molecule has 0 aliphatic heterocycles. The number of aliphatic hydroxyl groups is 2. The van der Waals surface area contributed by atoms with Gasteiger partial charge in [-0.25, -0.2) is 0 Å². The monoisotopic (exact) mass is 436 g/mol. The highest BCUT2D eigenvalue weighted by molar-refractivity contribution is 5.16. The van der Waals surface area contributed by atoms with Gasteiger partial charge in [0.1, 0.15) is 0 Å². The molecule has 4 rings (SSSR count). The van der Waals surface area contributed by atoms with Gasteiger partial charge in [0.2, 0.25) is 0 Å². The molecule has 0 aromatic heterocycles. The summed E-state index contributed by atoms with van der Waals surface area (Å²) < 4.78 is 0. The van der Waals surface area contributed by atoms with E-state index in [9.17, 15) is 10.2 Å². The number of likely N-dealkylation sites (N-methyl/N-ethyl adjacent to an activating group) is 1. The predicted molar refractivity (Wildman–Crippen MR) is 124 cm³/mol. The summed E-state index contributed by atoms with van der Waals surface area (Å²) in [4.78, 5) is 8.03. The van der Waals surface area contributed by atoms with Crippen molar-refractivity contribution in [2.75, 3.05) is 40.8 Å². The van der Waals surface area contributed by atoms with Crippen LogP contribution in [0.2, 0.25) is 0 Å². The Bertz CT molecular complexity index is 630. The van der Waals surface area contributed by atoms with E-state index < -0.39 is 5.60 Å². The largest absolute Gasteiger partial charge is 0.393 e. The molecule has 0 spiro atoms. The van der Waals surface area contributed by atoms with Gasteiger partial charge < -0.3 is 15.1 Å². The molecule has 2 N–H and O–H groups in total. The molecular weight excluding hydrogens is 388 g/mol. The SMILES string of the molecule is CN(C)CCON(C)CC[C@H]1CC[C@@]2(O)[C@@H]3CCC4CC(O)CC[C@]4(C)[C@H]3CC[C@]12C. The van der Waals surface area contributed by atoms with Crippen molar-refractivity contribution < 1.29 is 15.1 Å². The molecule has 2 unspecified atom stereocenters. The lowest BCUT2D eigenvalue weighted by molar-refractivity contribution is -0.212. The van der Waals surface area contributed by atoms with Crippen LogP contribution in [0, 0.1) is 34.5 Å². The Morgan fingerprint density at radius 1 is 0.903 bits per heavy atom. The van der Waals surface area contributed by atoms with Gasteiger partial charge in [-0.05, 0) is 113 Å². The topological polar surface area (TPSA) is 56.2 Å². The molecule has 0 radical (unpaired) electrons. The maximum Gasteiger partial charge on any atom is 0.0811 e. The molecule has 5 nitrogen and oxygen atoms in total. The van der Waals surface area contributed by atoms with E-state index in [1.54, 1.807) is 0 Å². The second-order valence-electron chi connectivity index (χ2n) is 12.3. The first kappa shape index (κ1) is 23.9. The van der Waals surface area contributed by atoms with Crippen LogP contribution >= 0.6 is 0 Å². The van der Waals surface area contributed by atoms with Gasteiger partial charge in [0, 0.05) is 20.1 Å². The van der Waals surface area contributed by atoms with E-state index in [1.165, 1.54) is 12.8 Å². The lowest BCUT2D eigenvalue weighted by atomic mass is 9.43. The Morgan fingerprint density at radius 2 is 1.68 bits per heavy atom. The van der Waals surface area contributed by atoms with Crippen LogP contribution in [0.1, 0.15) is 78.1 Å². The zero-order valence-electron chi connectivity index (χ0n) is 20.8. The van der Waals surface area contributed by atoms with Gasteiger partial charge in [0.15, 0.2) is 0 Å². The number of hydroxylamine groups is 2. The highest BCUT2D eigenvalue weighted by Gasteiger charge is 2.66. The number of hydrogen-bond donors (Lipinski definition) is 2. The molecule has 0 amide bonds. The minimum absolute atomic E-state index is 0.0377. The Labute approximate surface area is 190 Å². The number of nitrogens with zero attached hydrogens (tertiary/aromatic N) is 2. The lowest BCUT2D eigenvalue weighted by Crippen LogP contribution is -2.62. The third-order valence-corrected chi connectivity index (χ3v) is 10.7. The van der Waals surface area contributed by atoms with Crippen molar-refractivity contribution in [3.63, 3.8) is 0 Å². The van der Waals surface area contributed by atoms with E-state index in [-0.39, 0.29) is 11.5 Å². The molecule has 180 valence electrons. The Balaban J connectivity index is 1.41. The van der Waals surface area contributed by atoms with E-state index >= 15 is 0 Å². The maximum atomic E-state index is 12.3. The van der Waals surface area contributed by atoms with Crippen LogP contribution in [0.25, 0.3) is 0 Å². The Kier molecular flexibility index (Phi) is 6.85. The highest BCUT2D eigenvalue weighted by atomic mass is 16.7. The number of aliphatic hydroxyl groups excluding tert-OH is 1. The van der Waals surface area contributed by atoms with Crippen LogP contribution in [0.15, 0.2) is 0 Å². The molecule has 0 heterocycles. The summed E-state index contributed by atoms with van der Waals surface area (Å²) >= 11 is 0. The second-order valence-corrected chi connectivity index (χ2v) is 12.3. The Hall–Kier alpha value is -0.200. The lowest BCUT2D eigenvalue weighted by Gasteiger charge is -2.63. The van der Waals surface area contributed by atoms with Crippen LogP contribution < -0.4 is 0 Å². The first-order chi connectivity index (χ1) is 14.6. The van der Waals surface area contributed by atoms with E-state index in [0.717, 1.165) is 71.1 Å². The first-order valence-electron chi connectivity index (χ1n) is 13.0. The fourth-order valence-electron chi connectivity index (χ4n) is 8.56. The number of rotatable bonds is 7. The standard InChI is InChI=1S/C26H48N2O3/c1-24-12-9-21(29)18-20(24)6-7-23-22(24)10-13-25(2)19(8-14-26(23,25)30)11-15-28(5)31-17-16-27(3)4/h19-23,29-30H,6-18H2,1-5H3/t19-,20?,21?,22+,23-,24+,25-,26-/m1/s1. The van der Waals surface area contributed by atoms with Crippen molar-refractivity contribution in [1.29, 1.82) is 0 Å². The van der Waals surface area contributed by atoms with E-state index in [0.29, 0.717) is 29.1 Å². The van der Waals surface area contributed by atoms with Gasteiger partial charge in [-0.3, -0.25) is 4.84 Å². The fraction of sp³-hybridized carbons (Fsp3) is 1.00. The van der Waals surface area contributed by atoms with Crippen molar-refractivity contribution in [2.45, 2.75) is 89.8 Å². The van der Waals surface area contributed by atoms with Crippen molar-refractivity contribution in [2.24, 2.45) is 34.5 Å². The first-order valence-corrected chi connectivity index (χ1v) is 13.0. The summed E-state index contributed by atoms with van der Waals surface area (Å²) in [5.41, 5.74) is -0.150. The summed E-state index contributed by atoms with van der Waals surface area (Å²) in [5.74, 6) is 2.31. The van der Waals surface area contributed by atoms with E-state index in [1.807, 2.05) is 5.06 Å². The molecule has 4 aliphatic carbocycles. The van der Waals surface area contributed by atoms with E-state index in [4.69, 9.17) is 4.84 Å². The molecule has 4 saturated carbocycles. The molecule has 0 aromatic carbocycles. The van der Waals surface area contributed by atoms with Crippen molar-refractivity contribution in [3.8, 4) is 0 Å². The summed E-state index contributed by atoms with van der Waals surface area (Å²) in [6.45, 7) is 7.51. The molecule has 31 heavy (non-hydrogen) atoms. The normalized spacial score (nSPS) is 47.3. The quantitative estimate of drug-likeness (QED) is 0.592. The van der Waals surface area contributed by atoms with Crippen molar-refractivity contribution in [1.82, 2.24) is 9.96 Å². The zero-order valence-corrected chi connectivity index (χ0v) is 20.8. The van der Waals surface area contributed by atoms with Crippen LogP contribution in [0.3, 0.4) is 0 Å². The van der Waals surface area contributed by atoms with Crippen LogP contribution in [0.4, 0.5) is 0 Å². The number of fused-ring (bicyclic) bond motifs is 5. The van der Waals surface area contributed by atoms with Crippen molar-refractivity contribution >= 4 is 0 Å². The van der Waals surface area contributed by atoms with Gasteiger partial charge >= 0.3 is 0 Å². The molecule has 0 saturated heterocycles. The van der Waals surface area contributed by atoms with Gasteiger partial charge in [0.05, 0.1) is 18.3 Å². The van der Waals surface area contributed by atoms with Crippen LogP contribution in [-0.2, 0) is 4.84 Å². The highest BCUT2D eigenvalue weighted by Crippen LogP contribution is 2.69. The van der Waals surface area contributed by atoms with E-state index in [2.05, 4.69) is 39.9 Å². The van der Waals surface area contributed by atoms with Crippen LogP contribution in [-0.4, -0.2) is 72.7 Å². The summed E-state index contributed by atoms with van der Waals surface area (Å²) in [5, 5.41) is 24.5. The Morgan fingerprint density at radius 3 is 2.42 bits per heavy atom. The third-order valence-electron chi connectivity index (χ3n) is 10.7. The molecule has 4 fully saturated rings. The average Bonchev–Trinajstić information content (AvgIpc) is 2.97. The minimum atomic E-state index is -0.505.